The van der Waals surface area contributed by atoms with E-state index in [1.165, 1.54) is 51.4 Å². The Bertz CT molecular complexity index is 452. The van der Waals surface area contributed by atoms with Crippen molar-refractivity contribution in [1.29, 1.82) is 0 Å². The van der Waals surface area contributed by atoms with Gasteiger partial charge in [-0.15, -0.1) is 0 Å². The average molecular weight is 300 g/mol. The van der Waals surface area contributed by atoms with Crippen molar-refractivity contribution in [3.8, 4) is 0 Å². The van der Waals surface area contributed by atoms with Gasteiger partial charge < -0.3 is 4.74 Å². The average Bonchev–Trinajstić information content (AvgIpc) is 2.86. The fourth-order valence-corrected chi connectivity index (χ4v) is 4.25. The first-order chi connectivity index (χ1) is 10.8. The van der Waals surface area contributed by atoms with Gasteiger partial charge in [-0.3, -0.25) is 0 Å². The molecule has 1 aromatic rings. The van der Waals surface area contributed by atoms with Gasteiger partial charge in [-0.1, -0.05) is 56.7 Å². The molecule has 120 valence electrons. The van der Waals surface area contributed by atoms with Crippen LogP contribution >= 0.6 is 0 Å². The lowest BCUT2D eigenvalue weighted by atomic mass is 9.76. The number of esters is 1. The van der Waals surface area contributed by atoms with E-state index in [2.05, 4.69) is 0 Å². The van der Waals surface area contributed by atoms with Crippen LogP contribution in [0.5, 0.6) is 0 Å². The highest BCUT2D eigenvalue weighted by molar-refractivity contribution is 5.89. The van der Waals surface area contributed by atoms with E-state index in [9.17, 15) is 4.79 Å². The first-order valence-corrected chi connectivity index (χ1v) is 9.09. The Morgan fingerprint density at radius 2 is 1.36 bits per heavy atom. The minimum atomic E-state index is -0.154. The Kier molecular flexibility index (Phi) is 5.53. The van der Waals surface area contributed by atoms with Crippen LogP contribution in [-0.4, -0.2) is 12.1 Å². The number of carbonyl (C=O) groups excluding carboxylic acids is 1. The van der Waals surface area contributed by atoms with Gasteiger partial charge in [0.15, 0.2) is 0 Å². The highest BCUT2D eigenvalue weighted by Gasteiger charge is 2.29. The Balaban J connectivity index is 1.46. The third-order valence-electron chi connectivity index (χ3n) is 5.57. The number of hydrogen-bond donors (Lipinski definition) is 0. The van der Waals surface area contributed by atoms with Gasteiger partial charge in [-0.2, -0.15) is 0 Å². The van der Waals surface area contributed by atoms with Crippen LogP contribution in [-0.2, 0) is 4.74 Å². The molecule has 1 aromatic carbocycles. The maximum atomic E-state index is 12.1. The van der Waals surface area contributed by atoms with E-state index in [4.69, 9.17) is 4.74 Å². The van der Waals surface area contributed by atoms with Crippen LogP contribution in [0, 0.1) is 11.8 Å². The van der Waals surface area contributed by atoms with Crippen molar-refractivity contribution in [2.75, 3.05) is 0 Å². The summed E-state index contributed by atoms with van der Waals surface area (Å²) < 4.78 is 5.70. The van der Waals surface area contributed by atoms with Gasteiger partial charge >= 0.3 is 5.97 Å². The van der Waals surface area contributed by atoms with Gasteiger partial charge in [0.25, 0.3) is 0 Å². The molecule has 2 saturated carbocycles. The number of hydrogen-bond acceptors (Lipinski definition) is 2. The molecular formula is C20H28O2. The minimum absolute atomic E-state index is 0.134. The number of carbonyl (C=O) groups is 1. The molecule has 2 aliphatic rings. The van der Waals surface area contributed by atoms with E-state index < -0.39 is 0 Å². The first-order valence-electron chi connectivity index (χ1n) is 9.09. The Labute approximate surface area is 134 Å². The van der Waals surface area contributed by atoms with Crippen LogP contribution in [0.25, 0.3) is 0 Å². The summed E-state index contributed by atoms with van der Waals surface area (Å²) in [6, 6.07) is 9.37. The molecular weight excluding hydrogens is 272 g/mol. The molecule has 0 bridgehead atoms. The number of ether oxygens (including phenoxy) is 1. The predicted molar refractivity (Wildman–Crippen MR) is 88.8 cm³/mol. The lowest BCUT2D eigenvalue weighted by Gasteiger charge is -2.33. The standard InChI is InChI=1S/C20H28O2/c21-20(18-10-6-3-7-11-18)22-19-14-12-17(13-15-19)16-8-4-1-2-5-9-16/h3,6-7,10-11,16-17,19H,1-2,4-5,8-9,12-15H2. The SMILES string of the molecule is O=C(OC1CCC(C2CCCCCC2)CC1)c1ccccc1. The molecule has 0 spiro atoms. The van der Waals surface area contributed by atoms with Gasteiger partial charge in [0.2, 0.25) is 0 Å². The van der Waals surface area contributed by atoms with Gasteiger partial charge in [-0.05, 0) is 49.7 Å². The second-order valence-corrected chi connectivity index (χ2v) is 7.06. The van der Waals surface area contributed by atoms with Crippen molar-refractivity contribution in [1.82, 2.24) is 0 Å². The van der Waals surface area contributed by atoms with Crippen LogP contribution in [0.1, 0.15) is 74.6 Å². The van der Waals surface area contributed by atoms with Crippen LogP contribution in [0.15, 0.2) is 30.3 Å². The molecule has 0 aliphatic heterocycles. The number of rotatable bonds is 3. The van der Waals surface area contributed by atoms with Crippen molar-refractivity contribution in [3.05, 3.63) is 35.9 Å². The largest absolute Gasteiger partial charge is 0.459 e. The molecule has 2 fully saturated rings. The third kappa shape index (κ3) is 4.12. The molecule has 2 nitrogen and oxygen atoms in total. The molecule has 0 unspecified atom stereocenters. The Morgan fingerprint density at radius 1 is 0.773 bits per heavy atom. The summed E-state index contributed by atoms with van der Waals surface area (Å²) in [5.41, 5.74) is 0.674. The predicted octanol–water partition coefficient (Wildman–Crippen LogP) is 5.37. The van der Waals surface area contributed by atoms with Crippen LogP contribution in [0.3, 0.4) is 0 Å². The molecule has 0 radical (unpaired) electrons. The van der Waals surface area contributed by atoms with Crippen LogP contribution < -0.4 is 0 Å². The van der Waals surface area contributed by atoms with Gasteiger partial charge in [0, 0.05) is 0 Å². The second kappa shape index (κ2) is 7.80. The zero-order valence-electron chi connectivity index (χ0n) is 13.5. The highest BCUT2D eigenvalue weighted by atomic mass is 16.5. The van der Waals surface area contributed by atoms with E-state index in [-0.39, 0.29) is 12.1 Å². The number of benzene rings is 1. The normalized spacial score (nSPS) is 27.1. The Hall–Kier alpha value is -1.31. The summed E-state index contributed by atoms with van der Waals surface area (Å²) in [6.07, 6.45) is 13.3. The lowest BCUT2D eigenvalue weighted by molar-refractivity contribution is 0.0126. The molecule has 0 aromatic heterocycles. The fourth-order valence-electron chi connectivity index (χ4n) is 4.25. The molecule has 0 amide bonds. The lowest BCUT2D eigenvalue weighted by Crippen LogP contribution is -2.27. The van der Waals surface area contributed by atoms with E-state index in [0.717, 1.165) is 24.7 Å². The van der Waals surface area contributed by atoms with E-state index in [1.54, 1.807) is 0 Å². The van der Waals surface area contributed by atoms with Crippen LogP contribution in [0.2, 0.25) is 0 Å². The molecule has 0 saturated heterocycles. The summed E-state index contributed by atoms with van der Waals surface area (Å²) in [5.74, 6) is 1.66. The first kappa shape index (κ1) is 15.6. The van der Waals surface area contributed by atoms with Gasteiger partial charge in [0.1, 0.15) is 6.10 Å². The maximum Gasteiger partial charge on any atom is 0.338 e. The van der Waals surface area contributed by atoms with Crippen molar-refractivity contribution in [2.45, 2.75) is 70.3 Å². The maximum absolute atomic E-state index is 12.1. The molecule has 2 heteroatoms. The van der Waals surface area contributed by atoms with Crippen molar-refractivity contribution in [2.24, 2.45) is 11.8 Å². The monoisotopic (exact) mass is 300 g/mol. The summed E-state index contributed by atoms with van der Waals surface area (Å²) in [5, 5.41) is 0. The fraction of sp³-hybridized carbons (Fsp3) is 0.650. The van der Waals surface area contributed by atoms with Gasteiger partial charge in [0.05, 0.1) is 5.56 Å². The van der Waals surface area contributed by atoms with Crippen molar-refractivity contribution >= 4 is 5.97 Å². The smallest absolute Gasteiger partial charge is 0.338 e. The van der Waals surface area contributed by atoms with Crippen molar-refractivity contribution in [3.63, 3.8) is 0 Å². The summed E-state index contributed by atoms with van der Waals surface area (Å²) in [7, 11) is 0. The molecule has 22 heavy (non-hydrogen) atoms. The molecule has 2 aliphatic carbocycles. The van der Waals surface area contributed by atoms with Gasteiger partial charge in [-0.25, -0.2) is 4.79 Å². The summed E-state index contributed by atoms with van der Waals surface area (Å²) in [4.78, 5) is 12.1. The zero-order chi connectivity index (χ0) is 15.2. The second-order valence-electron chi connectivity index (χ2n) is 7.06. The Morgan fingerprint density at radius 3 is 2.00 bits per heavy atom. The summed E-state index contributed by atoms with van der Waals surface area (Å²) in [6.45, 7) is 0. The van der Waals surface area contributed by atoms with E-state index in [1.807, 2.05) is 30.3 Å². The van der Waals surface area contributed by atoms with Crippen molar-refractivity contribution < 1.29 is 9.53 Å². The summed E-state index contributed by atoms with van der Waals surface area (Å²) >= 11 is 0. The zero-order valence-corrected chi connectivity index (χ0v) is 13.5. The quantitative estimate of drug-likeness (QED) is 0.554. The topological polar surface area (TPSA) is 26.3 Å². The molecule has 0 atom stereocenters. The van der Waals surface area contributed by atoms with E-state index >= 15 is 0 Å². The molecule has 0 heterocycles. The minimum Gasteiger partial charge on any atom is -0.459 e. The highest BCUT2D eigenvalue weighted by Crippen LogP contribution is 2.38. The van der Waals surface area contributed by atoms with Crippen LogP contribution in [0.4, 0.5) is 0 Å². The van der Waals surface area contributed by atoms with E-state index in [0.29, 0.717) is 5.56 Å². The molecule has 3 rings (SSSR count). The molecule has 0 N–H and O–H groups in total. The third-order valence-corrected chi connectivity index (χ3v) is 5.57.